The summed E-state index contributed by atoms with van der Waals surface area (Å²) in [5.74, 6) is 0.859. The Balaban J connectivity index is 1.51. The van der Waals surface area contributed by atoms with E-state index < -0.39 is 7.14 Å². The first-order valence-electron chi connectivity index (χ1n) is 11.6. The monoisotopic (exact) mass is 470 g/mol. The maximum atomic E-state index is 14.7. The van der Waals surface area contributed by atoms with Crippen LogP contribution in [0.15, 0.2) is 140 Å². The van der Waals surface area contributed by atoms with Crippen LogP contribution in [0.2, 0.25) is 0 Å². The summed E-state index contributed by atoms with van der Waals surface area (Å²) in [5, 5.41) is 2.46. The minimum atomic E-state index is -3.01. The van der Waals surface area contributed by atoms with Gasteiger partial charge in [0, 0.05) is 27.2 Å². The van der Waals surface area contributed by atoms with E-state index in [-0.39, 0.29) is 0 Å². The molecule has 3 nitrogen and oxygen atoms in total. The highest BCUT2D eigenvalue weighted by Gasteiger charge is 2.29. The summed E-state index contributed by atoms with van der Waals surface area (Å²) < 4.78 is 16.9. The Labute approximate surface area is 204 Å². The van der Waals surface area contributed by atoms with Gasteiger partial charge in [0.05, 0.1) is 11.0 Å². The van der Waals surface area contributed by atoms with Crippen molar-refractivity contribution in [3.63, 3.8) is 0 Å². The molecule has 0 N–H and O–H groups in total. The van der Waals surface area contributed by atoms with E-state index in [4.69, 9.17) is 4.98 Å². The first-order valence-corrected chi connectivity index (χ1v) is 13.3. The molecule has 1 aromatic heterocycles. The number of rotatable bonds is 5. The summed E-state index contributed by atoms with van der Waals surface area (Å²) >= 11 is 0. The second-order valence-corrected chi connectivity index (χ2v) is 11.2. The summed E-state index contributed by atoms with van der Waals surface area (Å²) in [5.41, 5.74) is 4.02. The number of aromatic nitrogens is 2. The van der Waals surface area contributed by atoms with Crippen LogP contribution in [-0.2, 0) is 4.57 Å². The van der Waals surface area contributed by atoms with E-state index >= 15 is 0 Å². The van der Waals surface area contributed by atoms with Gasteiger partial charge in [-0.1, -0.05) is 115 Å². The quantitative estimate of drug-likeness (QED) is 0.276. The Morgan fingerprint density at radius 1 is 0.514 bits per heavy atom. The molecule has 0 spiro atoms. The zero-order valence-electron chi connectivity index (χ0n) is 19.0. The third kappa shape index (κ3) is 3.71. The van der Waals surface area contributed by atoms with Gasteiger partial charge in [0.15, 0.2) is 7.14 Å². The second-order valence-electron chi connectivity index (χ2n) is 8.42. The van der Waals surface area contributed by atoms with Crippen molar-refractivity contribution < 1.29 is 4.57 Å². The van der Waals surface area contributed by atoms with Gasteiger partial charge in [0.2, 0.25) is 0 Å². The number of imidazole rings is 1. The zero-order chi connectivity index (χ0) is 23.7. The van der Waals surface area contributed by atoms with Gasteiger partial charge in [-0.15, -0.1) is 0 Å². The molecule has 35 heavy (non-hydrogen) atoms. The fourth-order valence-electron chi connectivity index (χ4n) is 4.60. The normalized spacial score (nSPS) is 11.5. The Morgan fingerprint density at radius 2 is 1.00 bits per heavy atom. The Bertz CT molecular complexity index is 1600. The molecule has 1 heterocycles. The van der Waals surface area contributed by atoms with E-state index in [1.165, 1.54) is 0 Å². The number of fused-ring (bicyclic) bond motifs is 1. The lowest BCUT2D eigenvalue weighted by Crippen LogP contribution is -2.24. The second kappa shape index (κ2) is 8.87. The van der Waals surface area contributed by atoms with Gasteiger partial charge in [0.25, 0.3) is 0 Å². The Hall–Kier alpha value is -4.20. The SMILES string of the molecule is O=P(c1ccccc1)(c1ccccc1)c1ccc(-c2nc3ccccc3n2-c2ccccc2)cc1. The predicted molar refractivity (Wildman–Crippen MR) is 146 cm³/mol. The van der Waals surface area contributed by atoms with E-state index in [9.17, 15) is 4.57 Å². The summed E-state index contributed by atoms with van der Waals surface area (Å²) in [6, 6.07) is 46.0. The lowest BCUT2D eigenvalue weighted by atomic mass is 10.2. The highest BCUT2D eigenvalue weighted by Crippen LogP contribution is 2.42. The highest BCUT2D eigenvalue weighted by atomic mass is 31.2. The molecular weight excluding hydrogens is 447 g/mol. The molecule has 0 saturated carbocycles. The molecule has 0 atom stereocenters. The number of hydrogen-bond donors (Lipinski definition) is 0. The van der Waals surface area contributed by atoms with Crippen LogP contribution >= 0.6 is 7.14 Å². The first kappa shape index (κ1) is 21.3. The van der Waals surface area contributed by atoms with Crippen LogP contribution < -0.4 is 15.9 Å². The third-order valence-electron chi connectivity index (χ3n) is 6.30. The zero-order valence-corrected chi connectivity index (χ0v) is 19.9. The molecule has 0 unspecified atom stereocenters. The minimum Gasteiger partial charge on any atom is -0.309 e. The molecular formula is C31H23N2OP. The molecule has 0 amide bonds. The maximum Gasteiger partial charge on any atom is 0.171 e. The minimum absolute atomic E-state index is 0.807. The number of hydrogen-bond acceptors (Lipinski definition) is 2. The number of para-hydroxylation sites is 3. The smallest absolute Gasteiger partial charge is 0.171 e. The van der Waals surface area contributed by atoms with Gasteiger partial charge in [0.1, 0.15) is 5.82 Å². The summed E-state index contributed by atoms with van der Waals surface area (Å²) in [6.07, 6.45) is 0. The van der Waals surface area contributed by atoms with Crippen LogP contribution in [0.5, 0.6) is 0 Å². The fraction of sp³-hybridized carbons (Fsp3) is 0. The largest absolute Gasteiger partial charge is 0.309 e. The third-order valence-corrected chi connectivity index (χ3v) is 9.38. The average Bonchev–Trinajstić information content (AvgIpc) is 3.34. The van der Waals surface area contributed by atoms with Crippen LogP contribution in [0.4, 0.5) is 0 Å². The van der Waals surface area contributed by atoms with Crippen LogP contribution in [0.1, 0.15) is 0 Å². The lowest BCUT2D eigenvalue weighted by molar-refractivity contribution is 0.592. The molecule has 0 aliphatic heterocycles. The van der Waals surface area contributed by atoms with Gasteiger partial charge >= 0.3 is 0 Å². The standard InChI is InChI=1S/C31H23N2OP/c34-35(26-14-6-2-7-15-26,27-16-8-3-9-17-27)28-22-20-24(21-23-28)31-32-29-18-10-11-19-30(29)33(31)25-12-4-1-5-13-25/h1-23H. The Morgan fingerprint density at radius 3 is 1.60 bits per heavy atom. The molecule has 168 valence electrons. The molecule has 0 aliphatic carbocycles. The van der Waals surface area contributed by atoms with Gasteiger partial charge in [-0.3, -0.25) is 4.57 Å². The number of benzene rings is 5. The van der Waals surface area contributed by atoms with Crippen molar-refractivity contribution in [3.05, 3.63) is 140 Å². The molecule has 0 bridgehead atoms. The summed E-state index contributed by atoms with van der Waals surface area (Å²) in [4.78, 5) is 4.96. The molecule has 6 aromatic rings. The molecule has 0 fully saturated rings. The van der Waals surface area contributed by atoms with Crippen molar-refractivity contribution in [1.82, 2.24) is 9.55 Å². The van der Waals surface area contributed by atoms with E-state index in [0.29, 0.717) is 0 Å². The molecule has 4 heteroatoms. The molecule has 0 aliphatic rings. The average molecular weight is 471 g/mol. The van der Waals surface area contributed by atoms with E-state index in [0.717, 1.165) is 44.0 Å². The lowest BCUT2D eigenvalue weighted by Gasteiger charge is -2.20. The predicted octanol–water partition coefficient (Wildman–Crippen LogP) is 6.33. The summed E-state index contributed by atoms with van der Waals surface area (Å²) in [6.45, 7) is 0. The molecule has 0 radical (unpaired) electrons. The van der Waals surface area contributed by atoms with Gasteiger partial charge in [-0.05, 0) is 24.3 Å². The van der Waals surface area contributed by atoms with Crippen LogP contribution in [0, 0.1) is 0 Å². The van der Waals surface area contributed by atoms with E-state index in [1.807, 2.05) is 121 Å². The topological polar surface area (TPSA) is 34.9 Å². The van der Waals surface area contributed by atoms with Gasteiger partial charge < -0.3 is 4.57 Å². The molecule has 6 rings (SSSR count). The van der Waals surface area contributed by atoms with E-state index in [1.54, 1.807) is 0 Å². The first-order chi connectivity index (χ1) is 17.2. The van der Waals surface area contributed by atoms with Gasteiger partial charge in [-0.2, -0.15) is 0 Å². The maximum absolute atomic E-state index is 14.7. The van der Waals surface area contributed by atoms with Crippen LogP contribution in [-0.4, -0.2) is 9.55 Å². The van der Waals surface area contributed by atoms with Gasteiger partial charge in [-0.25, -0.2) is 4.98 Å². The molecule has 0 saturated heterocycles. The van der Waals surface area contributed by atoms with Crippen molar-refractivity contribution in [2.24, 2.45) is 0 Å². The van der Waals surface area contributed by atoms with Crippen LogP contribution in [0.25, 0.3) is 28.1 Å². The fourth-order valence-corrected chi connectivity index (χ4v) is 7.25. The van der Waals surface area contributed by atoms with E-state index in [2.05, 4.69) is 22.8 Å². The van der Waals surface area contributed by atoms with Crippen molar-refractivity contribution in [1.29, 1.82) is 0 Å². The van der Waals surface area contributed by atoms with Crippen LogP contribution in [0.3, 0.4) is 0 Å². The van der Waals surface area contributed by atoms with Crippen molar-refractivity contribution in [3.8, 4) is 17.1 Å². The number of nitrogens with zero attached hydrogens (tertiary/aromatic N) is 2. The van der Waals surface area contributed by atoms with Crippen molar-refractivity contribution >= 4 is 34.1 Å². The Kier molecular flexibility index (Phi) is 5.41. The summed E-state index contributed by atoms with van der Waals surface area (Å²) in [7, 11) is -3.01. The molecule has 5 aromatic carbocycles. The van der Waals surface area contributed by atoms with Crippen molar-refractivity contribution in [2.75, 3.05) is 0 Å². The highest BCUT2D eigenvalue weighted by molar-refractivity contribution is 7.85. The van der Waals surface area contributed by atoms with Crippen molar-refractivity contribution in [2.45, 2.75) is 0 Å².